The zero-order valence-corrected chi connectivity index (χ0v) is 13.5. The molecule has 21 heavy (non-hydrogen) atoms. The first-order valence-electron chi connectivity index (χ1n) is 8.74. The van der Waals surface area contributed by atoms with Crippen LogP contribution in [0.4, 0.5) is 0 Å². The molecular weight excluding hydrogens is 258 g/mol. The van der Waals surface area contributed by atoms with Crippen LogP contribution < -0.4 is 10.1 Å². The highest BCUT2D eigenvalue weighted by atomic mass is 16.5. The van der Waals surface area contributed by atoms with Crippen LogP contribution in [0.5, 0.6) is 5.75 Å². The van der Waals surface area contributed by atoms with Gasteiger partial charge in [-0.2, -0.15) is 0 Å². The van der Waals surface area contributed by atoms with Crippen molar-refractivity contribution in [1.82, 2.24) is 5.32 Å². The Morgan fingerprint density at radius 1 is 1.19 bits per heavy atom. The van der Waals surface area contributed by atoms with Crippen LogP contribution in [0.15, 0.2) is 24.3 Å². The molecule has 2 nitrogen and oxygen atoms in total. The van der Waals surface area contributed by atoms with Crippen molar-refractivity contribution >= 4 is 0 Å². The number of ether oxygens (including phenoxy) is 1. The zero-order chi connectivity index (χ0) is 14.7. The van der Waals surface area contributed by atoms with Crippen molar-refractivity contribution in [2.24, 2.45) is 11.8 Å². The molecule has 1 aromatic rings. The molecule has 0 amide bonds. The van der Waals surface area contributed by atoms with Gasteiger partial charge in [-0.25, -0.2) is 0 Å². The molecule has 1 fully saturated rings. The quantitative estimate of drug-likeness (QED) is 0.869. The molecule has 2 atom stereocenters. The van der Waals surface area contributed by atoms with Gasteiger partial charge >= 0.3 is 0 Å². The average molecular weight is 287 g/mol. The fourth-order valence-electron chi connectivity index (χ4n) is 4.08. The van der Waals surface area contributed by atoms with Gasteiger partial charge in [0.1, 0.15) is 5.75 Å². The SMILES string of the molecule is CCCNC(C1CCC(C)CC1)C1COc2ccccc21. The van der Waals surface area contributed by atoms with Crippen molar-refractivity contribution in [3.63, 3.8) is 0 Å². The van der Waals surface area contributed by atoms with E-state index in [-0.39, 0.29) is 0 Å². The molecular formula is C19H29NO. The van der Waals surface area contributed by atoms with Crippen molar-refractivity contribution in [3.8, 4) is 5.75 Å². The molecule has 0 bridgehead atoms. The Morgan fingerprint density at radius 2 is 1.95 bits per heavy atom. The fraction of sp³-hybridized carbons (Fsp3) is 0.684. The van der Waals surface area contributed by atoms with E-state index < -0.39 is 0 Å². The smallest absolute Gasteiger partial charge is 0.122 e. The number of nitrogens with one attached hydrogen (secondary N) is 1. The van der Waals surface area contributed by atoms with E-state index in [4.69, 9.17) is 4.74 Å². The van der Waals surface area contributed by atoms with Crippen LogP contribution in [0.2, 0.25) is 0 Å². The minimum atomic E-state index is 0.533. The molecule has 3 rings (SSSR count). The number of rotatable bonds is 5. The van der Waals surface area contributed by atoms with Gasteiger partial charge in [-0.3, -0.25) is 0 Å². The van der Waals surface area contributed by atoms with Gasteiger partial charge in [-0.1, -0.05) is 44.9 Å². The van der Waals surface area contributed by atoms with E-state index in [2.05, 4.69) is 43.4 Å². The van der Waals surface area contributed by atoms with E-state index in [1.54, 1.807) is 0 Å². The van der Waals surface area contributed by atoms with Crippen LogP contribution in [0, 0.1) is 11.8 Å². The first-order valence-corrected chi connectivity index (χ1v) is 8.74. The van der Waals surface area contributed by atoms with E-state index >= 15 is 0 Å². The maximum Gasteiger partial charge on any atom is 0.122 e. The Bertz CT molecular complexity index is 451. The molecule has 0 saturated heterocycles. The molecule has 1 aliphatic heterocycles. The van der Waals surface area contributed by atoms with Gasteiger partial charge in [-0.15, -0.1) is 0 Å². The summed E-state index contributed by atoms with van der Waals surface area (Å²) >= 11 is 0. The highest BCUT2D eigenvalue weighted by Gasteiger charge is 2.36. The minimum Gasteiger partial charge on any atom is -0.493 e. The lowest BCUT2D eigenvalue weighted by Gasteiger charge is -2.36. The highest BCUT2D eigenvalue weighted by Crippen LogP contribution is 2.41. The standard InChI is InChI=1S/C19H29NO/c1-3-12-20-19(15-10-8-14(2)9-11-15)17-13-21-18-7-5-4-6-16(17)18/h4-7,14-15,17,19-20H,3,8-13H2,1-2H3. The Labute approximate surface area is 129 Å². The third kappa shape index (κ3) is 3.26. The summed E-state index contributed by atoms with van der Waals surface area (Å²) < 4.78 is 5.94. The minimum absolute atomic E-state index is 0.533. The van der Waals surface area contributed by atoms with Gasteiger partial charge in [0.25, 0.3) is 0 Å². The molecule has 2 unspecified atom stereocenters. The highest BCUT2D eigenvalue weighted by molar-refractivity contribution is 5.40. The molecule has 116 valence electrons. The topological polar surface area (TPSA) is 21.3 Å². The third-order valence-electron chi connectivity index (χ3n) is 5.37. The lowest BCUT2D eigenvalue weighted by atomic mass is 9.74. The Balaban J connectivity index is 1.76. The zero-order valence-electron chi connectivity index (χ0n) is 13.5. The Hall–Kier alpha value is -1.02. The van der Waals surface area contributed by atoms with Gasteiger partial charge in [0.05, 0.1) is 6.61 Å². The normalized spacial score (nSPS) is 29.7. The summed E-state index contributed by atoms with van der Waals surface area (Å²) in [7, 11) is 0. The Kier molecular flexibility index (Phi) is 4.84. The Morgan fingerprint density at radius 3 is 2.71 bits per heavy atom. The molecule has 2 heteroatoms. The molecule has 1 heterocycles. The second kappa shape index (κ2) is 6.83. The number of hydrogen-bond donors (Lipinski definition) is 1. The molecule has 1 aromatic carbocycles. The van der Waals surface area contributed by atoms with Gasteiger partial charge in [0.15, 0.2) is 0 Å². The van der Waals surface area contributed by atoms with Crippen molar-refractivity contribution in [2.45, 2.75) is 57.9 Å². The first-order chi connectivity index (χ1) is 10.3. The van der Waals surface area contributed by atoms with E-state index in [1.807, 2.05) is 0 Å². The molecule has 1 aliphatic carbocycles. The van der Waals surface area contributed by atoms with Crippen LogP contribution in [0.3, 0.4) is 0 Å². The number of fused-ring (bicyclic) bond motifs is 1. The summed E-state index contributed by atoms with van der Waals surface area (Å²) in [5.41, 5.74) is 1.42. The van der Waals surface area contributed by atoms with E-state index in [9.17, 15) is 0 Å². The summed E-state index contributed by atoms with van der Waals surface area (Å²) in [6.07, 6.45) is 6.74. The summed E-state index contributed by atoms with van der Waals surface area (Å²) in [6, 6.07) is 9.20. The molecule has 1 N–H and O–H groups in total. The monoisotopic (exact) mass is 287 g/mol. The second-order valence-corrected chi connectivity index (χ2v) is 6.96. The predicted molar refractivity (Wildman–Crippen MR) is 87.9 cm³/mol. The van der Waals surface area contributed by atoms with Gasteiger partial charge in [0.2, 0.25) is 0 Å². The van der Waals surface area contributed by atoms with Crippen molar-refractivity contribution in [3.05, 3.63) is 29.8 Å². The average Bonchev–Trinajstić information content (AvgIpc) is 2.93. The maximum atomic E-state index is 5.94. The van der Waals surface area contributed by atoms with E-state index in [0.717, 1.165) is 30.7 Å². The summed E-state index contributed by atoms with van der Waals surface area (Å²) in [5, 5.41) is 3.86. The second-order valence-electron chi connectivity index (χ2n) is 6.96. The van der Waals surface area contributed by atoms with Gasteiger partial charge < -0.3 is 10.1 Å². The lowest BCUT2D eigenvalue weighted by molar-refractivity contribution is 0.192. The van der Waals surface area contributed by atoms with Crippen LogP contribution in [-0.4, -0.2) is 19.2 Å². The molecule has 1 saturated carbocycles. The number of hydrogen-bond acceptors (Lipinski definition) is 2. The summed E-state index contributed by atoms with van der Waals surface area (Å²) in [6.45, 7) is 6.63. The summed E-state index contributed by atoms with van der Waals surface area (Å²) in [5.74, 6) is 3.37. The van der Waals surface area contributed by atoms with Crippen LogP contribution in [0.1, 0.15) is 57.4 Å². The number of para-hydroxylation sites is 1. The van der Waals surface area contributed by atoms with Crippen molar-refractivity contribution in [2.75, 3.05) is 13.2 Å². The third-order valence-corrected chi connectivity index (χ3v) is 5.37. The van der Waals surface area contributed by atoms with Gasteiger partial charge in [0, 0.05) is 17.5 Å². The largest absolute Gasteiger partial charge is 0.493 e. The van der Waals surface area contributed by atoms with Crippen molar-refractivity contribution in [1.29, 1.82) is 0 Å². The molecule has 0 spiro atoms. The van der Waals surface area contributed by atoms with Crippen LogP contribution in [0.25, 0.3) is 0 Å². The fourth-order valence-corrected chi connectivity index (χ4v) is 4.08. The van der Waals surface area contributed by atoms with Crippen LogP contribution in [-0.2, 0) is 0 Å². The summed E-state index contributed by atoms with van der Waals surface area (Å²) in [4.78, 5) is 0. The lowest BCUT2D eigenvalue weighted by Crippen LogP contribution is -2.43. The predicted octanol–water partition coefficient (Wildman–Crippen LogP) is 4.36. The first kappa shape index (κ1) is 14.9. The molecule has 2 aliphatic rings. The van der Waals surface area contributed by atoms with Crippen LogP contribution >= 0.6 is 0 Å². The van der Waals surface area contributed by atoms with E-state index in [1.165, 1.54) is 37.7 Å². The van der Waals surface area contributed by atoms with Gasteiger partial charge in [-0.05, 0) is 43.7 Å². The number of benzene rings is 1. The van der Waals surface area contributed by atoms with E-state index in [0.29, 0.717) is 12.0 Å². The maximum absolute atomic E-state index is 5.94. The van der Waals surface area contributed by atoms with Crippen molar-refractivity contribution < 1.29 is 4.74 Å². The molecule has 0 aromatic heterocycles. The molecule has 0 radical (unpaired) electrons.